The number of ether oxygens (including phenoxy) is 2. The summed E-state index contributed by atoms with van der Waals surface area (Å²) in [5.41, 5.74) is -0.535. The monoisotopic (exact) mass is 406 g/mol. The predicted molar refractivity (Wildman–Crippen MR) is 94.2 cm³/mol. The van der Waals surface area contributed by atoms with E-state index in [1.165, 1.54) is 36.4 Å². The largest absolute Gasteiger partial charge is 0.494 e. The van der Waals surface area contributed by atoms with Crippen LogP contribution in [-0.2, 0) is 5.92 Å². The zero-order valence-corrected chi connectivity index (χ0v) is 15.1. The Kier molecular flexibility index (Phi) is 7.33. The molecule has 0 aliphatic carbocycles. The standard InChI is InChI=1S/C19H19ClF4O3/c20-10-1-11-26-16-6-2-14(3-7-16)19(23,24)15-4-8-17(9-5-15)27-13-18(21,22)12-25/h2-9,25H,1,10-13H2. The fourth-order valence-electron chi connectivity index (χ4n) is 2.17. The third kappa shape index (κ3) is 6.01. The van der Waals surface area contributed by atoms with Crippen molar-refractivity contribution in [3.8, 4) is 11.5 Å². The fraction of sp³-hybridized carbons (Fsp3) is 0.368. The summed E-state index contributed by atoms with van der Waals surface area (Å²) in [6.45, 7) is -1.99. The molecule has 1 N–H and O–H groups in total. The minimum Gasteiger partial charge on any atom is -0.494 e. The van der Waals surface area contributed by atoms with Gasteiger partial charge in [-0.3, -0.25) is 0 Å². The molecule has 0 bridgehead atoms. The molecule has 0 saturated heterocycles. The van der Waals surface area contributed by atoms with E-state index in [1.807, 2.05) is 0 Å². The van der Waals surface area contributed by atoms with Gasteiger partial charge < -0.3 is 14.6 Å². The van der Waals surface area contributed by atoms with Gasteiger partial charge in [0.05, 0.1) is 6.61 Å². The molecular formula is C19H19ClF4O3. The van der Waals surface area contributed by atoms with Gasteiger partial charge in [0.1, 0.15) is 18.1 Å². The quantitative estimate of drug-likeness (QED) is 0.348. The van der Waals surface area contributed by atoms with Crippen LogP contribution in [0.2, 0.25) is 0 Å². The number of aliphatic hydroxyl groups excluding tert-OH is 1. The van der Waals surface area contributed by atoms with Crippen molar-refractivity contribution in [3.05, 3.63) is 59.7 Å². The van der Waals surface area contributed by atoms with Crippen LogP contribution in [0.4, 0.5) is 17.6 Å². The second-order valence-electron chi connectivity index (χ2n) is 5.82. The molecule has 0 fully saturated rings. The maximum Gasteiger partial charge on any atom is 0.303 e. The first-order valence-corrected chi connectivity index (χ1v) is 8.71. The lowest BCUT2D eigenvalue weighted by Crippen LogP contribution is -2.29. The molecule has 2 aromatic carbocycles. The molecule has 0 aromatic heterocycles. The number of aliphatic hydroxyl groups is 1. The highest BCUT2D eigenvalue weighted by Crippen LogP contribution is 2.37. The average Bonchev–Trinajstić information content (AvgIpc) is 2.67. The number of hydrogen-bond donors (Lipinski definition) is 1. The van der Waals surface area contributed by atoms with E-state index < -0.39 is 25.1 Å². The minimum atomic E-state index is -3.39. The zero-order chi connectivity index (χ0) is 19.9. The van der Waals surface area contributed by atoms with E-state index in [2.05, 4.69) is 0 Å². The number of alkyl halides is 5. The summed E-state index contributed by atoms with van der Waals surface area (Å²) in [6.07, 6.45) is 0.651. The molecule has 8 heteroatoms. The van der Waals surface area contributed by atoms with Crippen molar-refractivity contribution in [2.24, 2.45) is 0 Å². The molecule has 0 unspecified atom stereocenters. The van der Waals surface area contributed by atoms with Gasteiger partial charge >= 0.3 is 5.92 Å². The number of hydrogen-bond acceptors (Lipinski definition) is 3. The van der Waals surface area contributed by atoms with E-state index in [-0.39, 0.29) is 16.9 Å². The number of benzene rings is 2. The van der Waals surface area contributed by atoms with Crippen LogP contribution in [0.15, 0.2) is 48.5 Å². The van der Waals surface area contributed by atoms with Crippen molar-refractivity contribution in [3.63, 3.8) is 0 Å². The van der Waals surface area contributed by atoms with Gasteiger partial charge in [-0.1, -0.05) is 0 Å². The molecule has 0 atom stereocenters. The lowest BCUT2D eigenvalue weighted by atomic mass is 10.0. The Hall–Kier alpha value is -1.99. The zero-order valence-electron chi connectivity index (χ0n) is 14.3. The molecule has 0 aliphatic rings. The van der Waals surface area contributed by atoms with E-state index in [0.29, 0.717) is 24.7 Å². The molecule has 0 saturated carbocycles. The molecule has 0 heterocycles. The average molecular weight is 407 g/mol. The second kappa shape index (κ2) is 9.28. The minimum absolute atomic E-state index is 0.00529. The number of halogens is 5. The van der Waals surface area contributed by atoms with Crippen molar-refractivity contribution in [2.75, 3.05) is 25.7 Å². The third-order valence-corrected chi connectivity index (χ3v) is 3.93. The first-order chi connectivity index (χ1) is 12.8. The molecule has 3 nitrogen and oxygen atoms in total. The van der Waals surface area contributed by atoms with E-state index in [4.69, 9.17) is 26.2 Å². The highest BCUT2D eigenvalue weighted by molar-refractivity contribution is 6.17. The van der Waals surface area contributed by atoms with Crippen molar-refractivity contribution < 1.29 is 32.1 Å². The van der Waals surface area contributed by atoms with Crippen LogP contribution in [0.3, 0.4) is 0 Å². The van der Waals surface area contributed by atoms with Crippen LogP contribution >= 0.6 is 11.6 Å². The summed E-state index contributed by atoms with van der Waals surface area (Å²) < 4.78 is 65.4. The highest BCUT2D eigenvalue weighted by atomic mass is 35.5. The van der Waals surface area contributed by atoms with Crippen LogP contribution in [-0.4, -0.2) is 36.7 Å². The van der Waals surface area contributed by atoms with E-state index in [0.717, 1.165) is 12.1 Å². The molecule has 27 heavy (non-hydrogen) atoms. The molecule has 0 aliphatic heterocycles. The van der Waals surface area contributed by atoms with Gasteiger partial charge in [0.15, 0.2) is 6.61 Å². The van der Waals surface area contributed by atoms with Crippen molar-refractivity contribution in [2.45, 2.75) is 18.3 Å². The third-order valence-electron chi connectivity index (χ3n) is 3.66. The van der Waals surface area contributed by atoms with E-state index in [9.17, 15) is 17.6 Å². The van der Waals surface area contributed by atoms with Gasteiger partial charge in [0.25, 0.3) is 5.92 Å². The summed E-state index contributed by atoms with van der Waals surface area (Å²) in [7, 11) is 0. The first-order valence-electron chi connectivity index (χ1n) is 8.17. The molecule has 148 valence electrons. The number of rotatable bonds is 10. The summed E-state index contributed by atoms with van der Waals surface area (Å²) in [5, 5.41) is 8.48. The van der Waals surface area contributed by atoms with Gasteiger partial charge in [-0.2, -0.15) is 8.78 Å². The van der Waals surface area contributed by atoms with Crippen LogP contribution in [0.5, 0.6) is 11.5 Å². The Morgan fingerprint density at radius 1 is 0.815 bits per heavy atom. The molecular weight excluding hydrogens is 388 g/mol. The predicted octanol–water partition coefficient (Wildman–Crippen LogP) is 4.84. The van der Waals surface area contributed by atoms with Gasteiger partial charge in [-0.05, 0) is 55.0 Å². The van der Waals surface area contributed by atoms with Crippen LogP contribution < -0.4 is 9.47 Å². The summed E-state index contributed by atoms with van der Waals surface area (Å²) >= 11 is 5.54. The fourth-order valence-corrected chi connectivity index (χ4v) is 2.28. The highest BCUT2D eigenvalue weighted by Gasteiger charge is 2.34. The van der Waals surface area contributed by atoms with E-state index in [1.54, 1.807) is 0 Å². The lowest BCUT2D eigenvalue weighted by Gasteiger charge is -2.19. The molecule has 2 aromatic rings. The second-order valence-corrected chi connectivity index (χ2v) is 6.19. The molecule has 0 radical (unpaired) electrons. The Morgan fingerprint density at radius 2 is 1.30 bits per heavy atom. The Morgan fingerprint density at radius 3 is 1.74 bits per heavy atom. The maximum atomic E-state index is 14.6. The van der Waals surface area contributed by atoms with Gasteiger partial charge in [0.2, 0.25) is 0 Å². The molecule has 0 spiro atoms. The SMILES string of the molecule is OCC(F)(F)COc1ccc(C(F)(F)c2ccc(OCCCCl)cc2)cc1. The van der Waals surface area contributed by atoms with Crippen LogP contribution in [0.1, 0.15) is 17.5 Å². The molecule has 0 amide bonds. The van der Waals surface area contributed by atoms with Gasteiger partial charge in [-0.15, -0.1) is 11.6 Å². The lowest BCUT2D eigenvalue weighted by molar-refractivity contribution is -0.0801. The first kappa shape index (κ1) is 21.3. The van der Waals surface area contributed by atoms with Gasteiger partial charge in [0, 0.05) is 17.0 Å². The normalized spacial score (nSPS) is 12.1. The summed E-state index contributed by atoms with van der Waals surface area (Å²) in [5.74, 6) is -5.75. The van der Waals surface area contributed by atoms with Crippen molar-refractivity contribution >= 4 is 11.6 Å². The topological polar surface area (TPSA) is 38.7 Å². The maximum absolute atomic E-state index is 14.6. The van der Waals surface area contributed by atoms with Crippen molar-refractivity contribution in [1.82, 2.24) is 0 Å². The van der Waals surface area contributed by atoms with Gasteiger partial charge in [-0.25, -0.2) is 8.78 Å². The van der Waals surface area contributed by atoms with Crippen molar-refractivity contribution in [1.29, 1.82) is 0 Å². The van der Waals surface area contributed by atoms with Crippen LogP contribution in [0, 0.1) is 0 Å². The smallest absolute Gasteiger partial charge is 0.303 e. The Labute approximate surface area is 159 Å². The Balaban J connectivity index is 2.05. The van der Waals surface area contributed by atoms with Crippen LogP contribution in [0.25, 0.3) is 0 Å². The molecule has 2 rings (SSSR count). The van der Waals surface area contributed by atoms with E-state index >= 15 is 0 Å². The summed E-state index contributed by atoms with van der Waals surface area (Å²) in [4.78, 5) is 0. The summed E-state index contributed by atoms with van der Waals surface area (Å²) in [6, 6.07) is 10.0. The Bertz CT molecular complexity index is 706.